The van der Waals surface area contributed by atoms with Gasteiger partial charge in [-0.25, -0.2) is 0 Å². The Morgan fingerprint density at radius 2 is 1.89 bits per heavy atom. The molecule has 0 radical (unpaired) electrons. The standard InChI is InChI=1S/C12H14N2O2.C2H6/c1-13-8-11-7-12(14-16-11)9-3-5-10(15-2)6-4-9;1-2/h3-7,13H,8H2,1-2H3;1-2H3. The highest BCUT2D eigenvalue weighted by molar-refractivity contribution is 5.59. The van der Waals surface area contributed by atoms with E-state index < -0.39 is 0 Å². The number of nitrogens with zero attached hydrogens (tertiary/aromatic N) is 1. The second kappa shape index (κ2) is 7.50. The molecule has 0 atom stereocenters. The lowest BCUT2D eigenvalue weighted by Crippen LogP contribution is -2.03. The summed E-state index contributed by atoms with van der Waals surface area (Å²) in [5.41, 5.74) is 1.86. The molecule has 0 amide bonds. The molecule has 1 aromatic carbocycles. The quantitative estimate of drug-likeness (QED) is 0.903. The first-order chi connectivity index (χ1) is 8.83. The highest BCUT2D eigenvalue weighted by atomic mass is 16.5. The first-order valence-corrected chi connectivity index (χ1v) is 6.08. The Hall–Kier alpha value is -1.81. The second-order valence-electron chi connectivity index (χ2n) is 3.44. The first kappa shape index (κ1) is 14.3. The molecule has 0 aliphatic rings. The molecule has 1 heterocycles. The molecule has 2 rings (SSSR count). The van der Waals surface area contributed by atoms with Gasteiger partial charge < -0.3 is 14.6 Å². The highest BCUT2D eigenvalue weighted by Gasteiger charge is 2.05. The van der Waals surface area contributed by atoms with Crippen LogP contribution in [-0.2, 0) is 6.54 Å². The van der Waals surface area contributed by atoms with Crippen molar-refractivity contribution >= 4 is 0 Å². The van der Waals surface area contributed by atoms with Crippen LogP contribution in [0.3, 0.4) is 0 Å². The third kappa shape index (κ3) is 3.60. The van der Waals surface area contributed by atoms with Gasteiger partial charge in [0.15, 0.2) is 5.76 Å². The summed E-state index contributed by atoms with van der Waals surface area (Å²) in [6.07, 6.45) is 0. The Kier molecular flexibility index (Phi) is 5.94. The predicted molar refractivity (Wildman–Crippen MR) is 72.6 cm³/mol. The van der Waals surface area contributed by atoms with E-state index >= 15 is 0 Å². The van der Waals surface area contributed by atoms with E-state index in [2.05, 4.69) is 10.5 Å². The fourth-order valence-corrected chi connectivity index (χ4v) is 1.47. The first-order valence-electron chi connectivity index (χ1n) is 6.08. The fourth-order valence-electron chi connectivity index (χ4n) is 1.47. The van der Waals surface area contributed by atoms with Crippen molar-refractivity contribution < 1.29 is 9.26 Å². The summed E-state index contributed by atoms with van der Waals surface area (Å²) in [6.45, 7) is 4.68. The molecule has 0 aliphatic carbocycles. The summed E-state index contributed by atoms with van der Waals surface area (Å²) < 4.78 is 10.3. The number of aromatic nitrogens is 1. The number of hydrogen-bond acceptors (Lipinski definition) is 4. The average Bonchev–Trinajstić information content (AvgIpc) is 2.90. The van der Waals surface area contributed by atoms with Crippen molar-refractivity contribution in [1.29, 1.82) is 0 Å². The summed E-state index contributed by atoms with van der Waals surface area (Å²) in [5.74, 6) is 1.66. The third-order valence-electron chi connectivity index (χ3n) is 2.30. The number of methoxy groups -OCH3 is 1. The molecule has 0 unspecified atom stereocenters. The summed E-state index contributed by atoms with van der Waals surface area (Å²) in [5, 5.41) is 7.02. The van der Waals surface area contributed by atoms with Crippen LogP contribution in [0.25, 0.3) is 11.3 Å². The lowest BCUT2D eigenvalue weighted by Gasteiger charge is -1.99. The van der Waals surface area contributed by atoms with Crippen LogP contribution in [0.1, 0.15) is 19.6 Å². The van der Waals surface area contributed by atoms with E-state index in [1.807, 2.05) is 51.2 Å². The largest absolute Gasteiger partial charge is 0.497 e. The lowest BCUT2D eigenvalue weighted by atomic mass is 10.1. The molecule has 0 fully saturated rings. The number of hydrogen-bond donors (Lipinski definition) is 1. The molecule has 98 valence electrons. The molecule has 0 bridgehead atoms. The minimum atomic E-state index is 0.684. The van der Waals surface area contributed by atoms with Gasteiger partial charge in [-0.15, -0.1) is 0 Å². The molecule has 18 heavy (non-hydrogen) atoms. The summed E-state index contributed by atoms with van der Waals surface area (Å²) in [7, 11) is 3.52. The maximum absolute atomic E-state index is 5.17. The van der Waals surface area contributed by atoms with E-state index in [1.54, 1.807) is 7.11 Å². The van der Waals surface area contributed by atoms with Gasteiger partial charge in [0.25, 0.3) is 0 Å². The van der Waals surface area contributed by atoms with Crippen molar-refractivity contribution in [2.24, 2.45) is 0 Å². The minimum Gasteiger partial charge on any atom is -0.497 e. The van der Waals surface area contributed by atoms with Crippen molar-refractivity contribution in [1.82, 2.24) is 10.5 Å². The molecule has 1 aromatic heterocycles. The van der Waals surface area contributed by atoms with Gasteiger partial charge in [0.1, 0.15) is 11.4 Å². The molecule has 4 nitrogen and oxygen atoms in total. The monoisotopic (exact) mass is 248 g/mol. The van der Waals surface area contributed by atoms with Crippen molar-refractivity contribution in [3.63, 3.8) is 0 Å². The van der Waals surface area contributed by atoms with Crippen LogP contribution in [0.4, 0.5) is 0 Å². The average molecular weight is 248 g/mol. The normalized spacial score (nSPS) is 9.56. The number of nitrogens with one attached hydrogen (secondary N) is 1. The number of benzene rings is 1. The van der Waals surface area contributed by atoms with E-state index in [1.165, 1.54) is 0 Å². The summed E-state index contributed by atoms with van der Waals surface area (Å²) >= 11 is 0. The minimum absolute atomic E-state index is 0.684. The van der Waals surface area contributed by atoms with Crippen LogP contribution in [-0.4, -0.2) is 19.3 Å². The van der Waals surface area contributed by atoms with Gasteiger partial charge in [0, 0.05) is 11.6 Å². The Morgan fingerprint density at radius 1 is 1.22 bits per heavy atom. The van der Waals surface area contributed by atoms with E-state index in [9.17, 15) is 0 Å². The van der Waals surface area contributed by atoms with Gasteiger partial charge in [-0.05, 0) is 31.3 Å². The van der Waals surface area contributed by atoms with E-state index in [-0.39, 0.29) is 0 Å². The van der Waals surface area contributed by atoms with E-state index in [0.29, 0.717) is 6.54 Å². The van der Waals surface area contributed by atoms with Crippen LogP contribution < -0.4 is 10.1 Å². The molecule has 0 saturated heterocycles. The number of rotatable bonds is 4. The van der Waals surface area contributed by atoms with Crippen LogP contribution in [0.15, 0.2) is 34.9 Å². The maximum Gasteiger partial charge on any atom is 0.151 e. The SMILES string of the molecule is CC.CNCc1cc(-c2ccc(OC)cc2)no1. The van der Waals surface area contributed by atoms with Gasteiger partial charge >= 0.3 is 0 Å². The van der Waals surface area contributed by atoms with Crippen molar-refractivity contribution in [2.75, 3.05) is 14.2 Å². The van der Waals surface area contributed by atoms with E-state index in [4.69, 9.17) is 9.26 Å². The fraction of sp³-hybridized carbons (Fsp3) is 0.357. The topological polar surface area (TPSA) is 47.3 Å². The third-order valence-corrected chi connectivity index (χ3v) is 2.30. The van der Waals surface area contributed by atoms with Crippen molar-refractivity contribution in [2.45, 2.75) is 20.4 Å². The molecule has 0 spiro atoms. The van der Waals surface area contributed by atoms with Gasteiger partial charge in [0.2, 0.25) is 0 Å². The predicted octanol–water partition coefficient (Wildman–Crippen LogP) is 3.10. The lowest BCUT2D eigenvalue weighted by molar-refractivity contribution is 0.379. The van der Waals surface area contributed by atoms with Gasteiger partial charge in [-0.1, -0.05) is 19.0 Å². The van der Waals surface area contributed by atoms with Gasteiger partial charge in [0.05, 0.1) is 13.7 Å². The Morgan fingerprint density at radius 3 is 2.44 bits per heavy atom. The molecular weight excluding hydrogens is 228 g/mol. The highest BCUT2D eigenvalue weighted by Crippen LogP contribution is 2.21. The smallest absolute Gasteiger partial charge is 0.151 e. The van der Waals surface area contributed by atoms with Crippen LogP contribution in [0.5, 0.6) is 5.75 Å². The molecule has 4 heteroatoms. The van der Waals surface area contributed by atoms with Crippen LogP contribution >= 0.6 is 0 Å². The van der Waals surface area contributed by atoms with Crippen molar-refractivity contribution in [3.05, 3.63) is 36.1 Å². The maximum atomic E-state index is 5.17. The second-order valence-corrected chi connectivity index (χ2v) is 3.44. The van der Waals surface area contributed by atoms with Gasteiger partial charge in [-0.3, -0.25) is 0 Å². The summed E-state index contributed by atoms with van der Waals surface area (Å²) in [6, 6.07) is 9.65. The molecule has 0 aliphatic heterocycles. The number of ether oxygens (including phenoxy) is 1. The van der Waals surface area contributed by atoms with E-state index in [0.717, 1.165) is 22.8 Å². The van der Waals surface area contributed by atoms with Crippen molar-refractivity contribution in [3.8, 4) is 17.0 Å². The molecule has 2 aromatic rings. The Bertz CT molecular complexity index is 449. The Labute approximate surface area is 108 Å². The van der Waals surface area contributed by atoms with Gasteiger partial charge in [-0.2, -0.15) is 0 Å². The Balaban J connectivity index is 0.000000771. The van der Waals surface area contributed by atoms with Crippen LogP contribution in [0, 0.1) is 0 Å². The molecule has 0 saturated carbocycles. The van der Waals surface area contributed by atoms with Crippen LogP contribution in [0.2, 0.25) is 0 Å². The zero-order valence-electron chi connectivity index (χ0n) is 11.4. The summed E-state index contributed by atoms with van der Waals surface area (Å²) in [4.78, 5) is 0. The molecular formula is C14H20N2O2. The zero-order chi connectivity index (χ0) is 13.4. The zero-order valence-corrected chi connectivity index (χ0v) is 11.4. The molecule has 1 N–H and O–H groups in total.